The fourth-order valence-corrected chi connectivity index (χ4v) is 12.7. The number of carbonyl (C=O) groups is 4. The summed E-state index contributed by atoms with van der Waals surface area (Å²) in [5.74, 6) is -5.64. The molecular weight excluding hydrogens is 1110 g/mol. The predicted molar refractivity (Wildman–Crippen MR) is 292 cm³/mol. The van der Waals surface area contributed by atoms with E-state index in [-0.39, 0.29) is 93.3 Å². The molecule has 0 saturated carbocycles. The molecule has 0 aromatic carbocycles. The lowest BCUT2D eigenvalue weighted by molar-refractivity contribution is -0.323. The molecule has 8 fully saturated rings. The molecule has 8 rings (SSSR count). The summed E-state index contributed by atoms with van der Waals surface area (Å²) in [5.41, 5.74) is 0. The van der Waals surface area contributed by atoms with Gasteiger partial charge in [-0.05, 0) is 73.0 Å². The van der Waals surface area contributed by atoms with Crippen LogP contribution in [0.15, 0.2) is 0 Å². The minimum Gasteiger partial charge on any atom is -0.394 e. The SMILES string of the molecule is CC(C)C[C@H]1CC(=O)N(CC2(O)OC(CO)C(O)C2O)C1.CC(C)C[C@H]1CC(=O)N(CC2(O)OCC(O)C(O)C2O)C1.CC(C)C[C@H]1CC(=O)N(CC2(O)OCC(O)C(O)C2O)C1.CC(C)C[C@H]1CC(=O)N(CC2(O)OCC(O)C(O)C2O)C1. The highest BCUT2D eigenvalue weighted by molar-refractivity contribution is 5.80. The highest BCUT2D eigenvalue weighted by Gasteiger charge is 2.56. The number of hydrogen-bond donors (Lipinski definition) is 16. The van der Waals surface area contributed by atoms with Gasteiger partial charge in [-0.15, -0.1) is 0 Å². The van der Waals surface area contributed by atoms with E-state index in [0.29, 0.717) is 75.5 Å². The van der Waals surface area contributed by atoms with Gasteiger partial charge < -0.3 is 120 Å². The van der Waals surface area contributed by atoms with Crippen molar-refractivity contribution in [3.8, 4) is 0 Å². The normalized spacial score (nSPS) is 41.0. The van der Waals surface area contributed by atoms with E-state index in [4.69, 9.17) is 24.1 Å². The number of rotatable bonds is 17. The second-order valence-corrected chi connectivity index (χ2v) is 26.5. The number of aliphatic hydroxyl groups is 16. The summed E-state index contributed by atoms with van der Waals surface area (Å²) in [4.78, 5) is 53.8. The monoisotopic (exact) mass is 1210 g/mol. The number of amides is 4. The van der Waals surface area contributed by atoms with Crippen molar-refractivity contribution in [2.45, 2.75) is 203 Å². The first-order valence-electron chi connectivity index (χ1n) is 29.6. The largest absolute Gasteiger partial charge is 0.394 e. The van der Waals surface area contributed by atoms with Crippen LogP contribution >= 0.6 is 0 Å². The van der Waals surface area contributed by atoms with Crippen LogP contribution < -0.4 is 0 Å². The van der Waals surface area contributed by atoms with Gasteiger partial charge in [-0.25, -0.2) is 0 Å². The van der Waals surface area contributed by atoms with Crippen LogP contribution in [0.5, 0.6) is 0 Å². The molecule has 0 aromatic rings. The Morgan fingerprint density at radius 3 is 0.833 bits per heavy atom. The second-order valence-electron chi connectivity index (χ2n) is 26.5. The highest BCUT2D eigenvalue weighted by Crippen LogP contribution is 2.36. The Morgan fingerprint density at radius 1 is 0.393 bits per heavy atom. The van der Waals surface area contributed by atoms with E-state index in [9.17, 15) is 95.8 Å². The number of ether oxygens (including phenoxy) is 4. The third-order valence-electron chi connectivity index (χ3n) is 16.8. The maximum atomic E-state index is 12.0. The summed E-state index contributed by atoms with van der Waals surface area (Å²) in [6.45, 7) is 16.6. The first kappa shape index (κ1) is 71.8. The fourth-order valence-electron chi connectivity index (χ4n) is 12.7. The molecule has 0 aromatic heterocycles. The standard InChI is InChI=1S/4C14H25NO6/c3*1-8(2)3-9-4-11(17)15(5-9)7-14(20)13(19)12(18)10(16)6-21-14;1-8(2)3-9-4-11(17)15(5-9)7-14(20)13(19)12(18)10(6-16)21-14/h4*8-10,12-13,16,18-20H,3-7H2,1-2H3/t4*9-,10?,12?,13?,14?/m0000/s1. The topological polar surface area (TPSA) is 442 Å². The maximum absolute atomic E-state index is 12.0. The number of hydrogen-bond acceptors (Lipinski definition) is 24. The Balaban J connectivity index is 0.000000205. The molecule has 4 amide bonds. The summed E-state index contributed by atoms with van der Waals surface area (Å²) in [6.07, 6.45) is -11.8. The zero-order chi connectivity index (χ0) is 63.1. The Labute approximate surface area is 491 Å². The summed E-state index contributed by atoms with van der Waals surface area (Å²) in [5, 5.41) is 157. The van der Waals surface area contributed by atoms with Crippen LogP contribution in [-0.2, 0) is 38.1 Å². The molecule has 488 valence electrons. The van der Waals surface area contributed by atoms with Crippen LogP contribution in [0.4, 0.5) is 0 Å². The first-order chi connectivity index (χ1) is 38.9. The third-order valence-corrected chi connectivity index (χ3v) is 16.8. The number of nitrogens with zero attached hydrogens (tertiary/aromatic N) is 4. The van der Waals surface area contributed by atoms with Crippen molar-refractivity contribution in [3.63, 3.8) is 0 Å². The summed E-state index contributed by atoms with van der Waals surface area (Å²) in [7, 11) is 0. The van der Waals surface area contributed by atoms with Crippen LogP contribution in [0.2, 0.25) is 0 Å². The molecule has 0 spiro atoms. The van der Waals surface area contributed by atoms with Crippen molar-refractivity contribution < 1.29 is 120 Å². The Hall–Kier alpha value is -2.92. The molecule has 8 aliphatic rings. The molecule has 28 heteroatoms. The van der Waals surface area contributed by atoms with Crippen molar-refractivity contribution in [2.24, 2.45) is 47.3 Å². The van der Waals surface area contributed by atoms with E-state index in [1.165, 1.54) is 19.6 Å². The van der Waals surface area contributed by atoms with Crippen LogP contribution in [-0.4, -0.2) is 300 Å². The molecule has 8 heterocycles. The van der Waals surface area contributed by atoms with Crippen molar-refractivity contribution in [1.29, 1.82) is 0 Å². The lowest BCUT2D eigenvalue weighted by atomic mass is 9.96. The van der Waals surface area contributed by atoms with Gasteiger partial charge in [-0.2, -0.15) is 0 Å². The van der Waals surface area contributed by atoms with Crippen molar-refractivity contribution in [1.82, 2.24) is 19.6 Å². The van der Waals surface area contributed by atoms with Crippen molar-refractivity contribution in [3.05, 3.63) is 0 Å². The number of carbonyl (C=O) groups excluding carboxylic acids is 4. The zero-order valence-electron chi connectivity index (χ0n) is 49.9. The molecular formula is C56H100N4O24. The average Bonchev–Trinajstić information content (AvgIpc) is 2.48. The summed E-state index contributed by atoms with van der Waals surface area (Å²) in [6, 6.07) is 0. The molecule has 16 N–H and O–H groups in total. The quantitative estimate of drug-likeness (QED) is 0.0647. The van der Waals surface area contributed by atoms with Crippen molar-refractivity contribution >= 4 is 23.6 Å². The minimum atomic E-state index is -2.04. The highest BCUT2D eigenvalue weighted by atomic mass is 16.7. The van der Waals surface area contributed by atoms with Crippen LogP contribution in [0, 0.1) is 47.3 Å². The number of β-amino-alcohol motifs (C(OH)–C–C–N with tert-alkyl or cyclic N) is 4. The molecule has 0 aliphatic carbocycles. The van der Waals surface area contributed by atoms with Gasteiger partial charge in [0.1, 0.15) is 73.2 Å². The number of likely N-dealkylation sites (tertiary alicyclic amines) is 4. The van der Waals surface area contributed by atoms with Gasteiger partial charge in [-0.3, -0.25) is 19.2 Å². The van der Waals surface area contributed by atoms with E-state index in [2.05, 4.69) is 55.4 Å². The third kappa shape index (κ3) is 18.4. The van der Waals surface area contributed by atoms with Crippen LogP contribution in [0.25, 0.3) is 0 Å². The summed E-state index contributed by atoms with van der Waals surface area (Å²) >= 11 is 0. The Morgan fingerprint density at radius 2 is 0.619 bits per heavy atom. The molecule has 84 heavy (non-hydrogen) atoms. The maximum Gasteiger partial charge on any atom is 0.223 e. The molecule has 8 aliphatic heterocycles. The van der Waals surface area contributed by atoms with Gasteiger partial charge in [0.15, 0.2) is 0 Å². The minimum absolute atomic E-state index is 0.0909. The molecule has 8 saturated heterocycles. The average molecular weight is 1210 g/mol. The summed E-state index contributed by atoms with van der Waals surface area (Å²) < 4.78 is 20.4. The van der Waals surface area contributed by atoms with Gasteiger partial charge >= 0.3 is 0 Å². The number of aliphatic hydroxyl groups excluding tert-OH is 12. The molecule has 0 bridgehead atoms. The first-order valence-corrected chi connectivity index (χ1v) is 29.6. The fraction of sp³-hybridized carbons (Fsp3) is 0.929. The smallest absolute Gasteiger partial charge is 0.223 e. The Bertz CT molecular complexity index is 1900. The van der Waals surface area contributed by atoms with Gasteiger partial charge in [0, 0.05) is 51.9 Å². The molecule has 20 atom stereocenters. The van der Waals surface area contributed by atoms with E-state index in [1.54, 1.807) is 0 Å². The van der Waals surface area contributed by atoms with Gasteiger partial charge in [0.05, 0.1) is 52.6 Å². The molecule has 28 nitrogen and oxygen atoms in total. The van der Waals surface area contributed by atoms with E-state index in [1.807, 2.05) is 0 Å². The Kier molecular flexibility index (Phi) is 25.7. The van der Waals surface area contributed by atoms with Gasteiger partial charge in [0.2, 0.25) is 46.8 Å². The second kappa shape index (κ2) is 30.1. The van der Waals surface area contributed by atoms with E-state index < -0.39 is 103 Å². The zero-order valence-corrected chi connectivity index (χ0v) is 49.9. The van der Waals surface area contributed by atoms with Gasteiger partial charge in [-0.1, -0.05) is 55.4 Å². The molecule has 16 unspecified atom stereocenters. The van der Waals surface area contributed by atoms with Crippen LogP contribution in [0.3, 0.4) is 0 Å². The lowest BCUT2D eigenvalue weighted by Gasteiger charge is -2.43. The van der Waals surface area contributed by atoms with Gasteiger partial charge in [0.25, 0.3) is 0 Å². The molecule has 0 radical (unpaired) electrons. The van der Waals surface area contributed by atoms with Crippen molar-refractivity contribution in [2.75, 3.05) is 78.8 Å². The van der Waals surface area contributed by atoms with E-state index in [0.717, 1.165) is 25.7 Å². The van der Waals surface area contributed by atoms with Crippen LogP contribution in [0.1, 0.15) is 107 Å². The van der Waals surface area contributed by atoms with E-state index >= 15 is 0 Å². The lowest BCUT2D eigenvalue weighted by Crippen LogP contribution is -2.64. The predicted octanol–water partition coefficient (Wildman–Crippen LogP) is -5.27.